The van der Waals surface area contributed by atoms with Gasteiger partial charge in [0, 0.05) is 24.5 Å². The average molecular weight is 264 g/mol. The summed E-state index contributed by atoms with van der Waals surface area (Å²) in [6.45, 7) is 3.91. The van der Waals surface area contributed by atoms with E-state index in [4.69, 9.17) is 11.5 Å². The van der Waals surface area contributed by atoms with Crippen molar-refractivity contribution in [3.8, 4) is 0 Å². The highest BCUT2D eigenvalue weighted by Gasteiger charge is 2.15. The van der Waals surface area contributed by atoms with Crippen molar-refractivity contribution in [2.24, 2.45) is 5.73 Å². The largest absolute Gasteiger partial charge is 0.399 e. The van der Waals surface area contributed by atoms with Crippen LogP contribution in [-0.4, -0.2) is 31.4 Å². The van der Waals surface area contributed by atoms with Crippen molar-refractivity contribution >= 4 is 23.2 Å². The van der Waals surface area contributed by atoms with E-state index >= 15 is 0 Å². The van der Waals surface area contributed by atoms with Crippen molar-refractivity contribution in [1.82, 2.24) is 5.32 Å². The number of nitrogen functional groups attached to an aromatic ring is 1. The molecule has 0 saturated heterocycles. The van der Waals surface area contributed by atoms with Crippen molar-refractivity contribution < 1.29 is 9.59 Å². The van der Waals surface area contributed by atoms with Gasteiger partial charge in [-0.3, -0.25) is 9.59 Å². The molecule has 1 rings (SSSR count). The average Bonchev–Trinajstić information content (AvgIpc) is 2.27. The molecule has 2 amide bonds. The third kappa shape index (κ3) is 4.17. The normalized spacial score (nSPS) is 10.3. The number of rotatable bonds is 5. The lowest BCUT2D eigenvalue weighted by molar-refractivity contribution is -0.120. The highest BCUT2D eigenvalue weighted by atomic mass is 16.2. The summed E-state index contributed by atoms with van der Waals surface area (Å²) in [6.07, 6.45) is 0. The van der Waals surface area contributed by atoms with Gasteiger partial charge in [0.25, 0.3) is 5.91 Å². The number of amides is 2. The molecular weight excluding hydrogens is 244 g/mol. The zero-order chi connectivity index (χ0) is 14.6. The van der Waals surface area contributed by atoms with Gasteiger partial charge in [-0.05, 0) is 32.0 Å². The van der Waals surface area contributed by atoms with E-state index < -0.39 is 5.91 Å². The van der Waals surface area contributed by atoms with Gasteiger partial charge >= 0.3 is 0 Å². The van der Waals surface area contributed by atoms with Gasteiger partial charge in [-0.2, -0.15) is 0 Å². The number of nitrogens with one attached hydrogen (secondary N) is 1. The van der Waals surface area contributed by atoms with Crippen LogP contribution < -0.4 is 21.7 Å². The Morgan fingerprint density at radius 1 is 1.37 bits per heavy atom. The summed E-state index contributed by atoms with van der Waals surface area (Å²) in [4.78, 5) is 24.7. The molecule has 0 bridgehead atoms. The first kappa shape index (κ1) is 14.8. The molecule has 104 valence electrons. The predicted octanol–water partition coefficient (Wildman–Crippen LogP) is 0.329. The maximum Gasteiger partial charge on any atom is 0.250 e. The maximum atomic E-state index is 11.7. The number of hydrogen-bond donors (Lipinski definition) is 3. The Balaban J connectivity index is 2.90. The second kappa shape index (κ2) is 6.08. The van der Waals surface area contributed by atoms with Gasteiger partial charge in [0.05, 0.1) is 12.1 Å². The van der Waals surface area contributed by atoms with Crippen molar-refractivity contribution in [2.45, 2.75) is 19.9 Å². The van der Waals surface area contributed by atoms with Crippen LogP contribution in [0.1, 0.15) is 24.2 Å². The Bertz CT molecular complexity index is 486. The lowest BCUT2D eigenvalue weighted by Gasteiger charge is -2.22. The van der Waals surface area contributed by atoms with Crippen LogP contribution in [0.4, 0.5) is 11.4 Å². The Morgan fingerprint density at radius 2 is 2.00 bits per heavy atom. The van der Waals surface area contributed by atoms with Crippen LogP contribution in [0.3, 0.4) is 0 Å². The number of likely N-dealkylation sites (N-methyl/N-ethyl adjacent to an activating group) is 1. The molecule has 6 heteroatoms. The molecule has 0 fully saturated rings. The Morgan fingerprint density at radius 3 is 2.53 bits per heavy atom. The molecule has 6 nitrogen and oxygen atoms in total. The summed E-state index contributed by atoms with van der Waals surface area (Å²) in [5.74, 6) is -0.692. The molecule has 0 aliphatic rings. The second-order valence-corrected chi connectivity index (χ2v) is 4.72. The molecule has 0 saturated carbocycles. The van der Waals surface area contributed by atoms with E-state index in [0.717, 1.165) is 0 Å². The molecule has 1 aromatic carbocycles. The number of primary amides is 1. The van der Waals surface area contributed by atoms with Crippen LogP contribution >= 0.6 is 0 Å². The number of nitrogens with zero attached hydrogens (tertiary/aromatic N) is 1. The number of benzene rings is 1. The highest BCUT2D eigenvalue weighted by Crippen LogP contribution is 2.21. The number of hydrogen-bond acceptors (Lipinski definition) is 4. The number of nitrogens with two attached hydrogens (primary N) is 2. The van der Waals surface area contributed by atoms with Gasteiger partial charge < -0.3 is 21.7 Å². The number of carbonyl (C=O) groups excluding carboxylic acids is 2. The Labute approximate surface area is 112 Å². The molecule has 1 aromatic rings. The molecule has 0 aliphatic heterocycles. The van der Waals surface area contributed by atoms with Crippen molar-refractivity contribution in [1.29, 1.82) is 0 Å². The molecule has 0 unspecified atom stereocenters. The highest BCUT2D eigenvalue weighted by molar-refractivity contribution is 6.00. The predicted molar refractivity (Wildman–Crippen MR) is 75.9 cm³/mol. The zero-order valence-electron chi connectivity index (χ0n) is 11.4. The molecule has 0 aromatic heterocycles. The van der Waals surface area contributed by atoms with E-state index in [1.165, 1.54) is 6.07 Å². The van der Waals surface area contributed by atoms with Gasteiger partial charge in [0.1, 0.15) is 0 Å². The van der Waals surface area contributed by atoms with Crippen molar-refractivity contribution in [3.63, 3.8) is 0 Å². The van der Waals surface area contributed by atoms with Crippen LogP contribution in [0, 0.1) is 0 Å². The van der Waals surface area contributed by atoms with Crippen LogP contribution in [0.15, 0.2) is 18.2 Å². The second-order valence-electron chi connectivity index (χ2n) is 4.72. The van der Waals surface area contributed by atoms with Gasteiger partial charge in [-0.15, -0.1) is 0 Å². The van der Waals surface area contributed by atoms with Crippen molar-refractivity contribution in [3.05, 3.63) is 23.8 Å². The topological polar surface area (TPSA) is 101 Å². The van der Waals surface area contributed by atoms with E-state index in [9.17, 15) is 9.59 Å². The molecule has 0 radical (unpaired) electrons. The third-order valence-electron chi connectivity index (χ3n) is 2.53. The smallest absolute Gasteiger partial charge is 0.250 e. The van der Waals surface area contributed by atoms with Gasteiger partial charge in [0.2, 0.25) is 5.91 Å². The first-order chi connectivity index (χ1) is 8.81. The van der Waals surface area contributed by atoms with Crippen LogP contribution in [0.25, 0.3) is 0 Å². The zero-order valence-corrected chi connectivity index (χ0v) is 11.4. The summed E-state index contributed by atoms with van der Waals surface area (Å²) >= 11 is 0. The minimum Gasteiger partial charge on any atom is -0.399 e. The summed E-state index contributed by atoms with van der Waals surface area (Å²) in [6, 6.07) is 4.92. The SMILES string of the molecule is CC(C)NC(=O)CN(C)c1ccc(N)cc1C(N)=O. The standard InChI is InChI=1S/C13H20N4O2/c1-8(2)16-12(18)7-17(3)11-5-4-9(14)6-10(11)13(15)19/h4-6,8H,7,14H2,1-3H3,(H2,15,19)(H,16,18). The first-order valence-corrected chi connectivity index (χ1v) is 6.01. The minimum atomic E-state index is -0.571. The van der Waals surface area contributed by atoms with Crippen LogP contribution in [0.5, 0.6) is 0 Å². The molecule has 5 N–H and O–H groups in total. The van der Waals surface area contributed by atoms with E-state index in [2.05, 4.69) is 5.32 Å². The van der Waals surface area contributed by atoms with Crippen LogP contribution in [-0.2, 0) is 4.79 Å². The minimum absolute atomic E-state index is 0.0722. The Hall–Kier alpha value is -2.24. The Kier molecular flexibility index (Phi) is 4.74. The number of anilines is 2. The quantitative estimate of drug-likeness (QED) is 0.667. The van der Waals surface area contributed by atoms with Gasteiger partial charge in [0.15, 0.2) is 0 Å². The fourth-order valence-electron chi connectivity index (χ4n) is 1.75. The van der Waals surface area contributed by atoms with Gasteiger partial charge in [-0.25, -0.2) is 0 Å². The summed E-state index contributed by atoms with van der Waals surface area (Å²) in [5, 5.41) is 2.78. The van der Waals surface area contributed by atoms with Crippen LogP contribution in [0.2, 0.25) is 0 Å². The molecule has 19 heavy (non-hydrogen) atoms. The van der Waals surface area contributed by atoms with E-state index in [1.807, 2.05) is 13.8 Å². The lowest BCUT2D eigenvalue weighted by atomic mass is 10.1. The monoisotopic (exact) mass is 264 g/mol. The first-order valence-electron chi connectivity index (χ1n) is 6.01. The molecule has 0 heterocycles. The summed E-state index contributed by atoms with van der Waals surface area (Å²) in [5.41, 5.74) is 12.3. The van der Waals surface area contributed by atoms with Crippen molar-refractivity contribution in [2.75, 3.05) is 24.2 Å². The fourth-order valence-corrected chi connectivity index (χ4v) is 1.75. The molecule has 0 atom stereocenters. The third-order valence-corrected chi connectivity index (χ3v) is 2.53. The van der Waals surface area contributed by atoms with Gasteiger partial charge in [-0.1, -0.05) is 0 Å². The molecule has 0 aliphatic carbocycles. The van der Waals surface area contributed by atoms with E-state index in [-0.39, 0.29) is 18.5 Å². The van der Waals surface area contributed by atoms with E-state index in [0.29, 0.717) is 16.9 Å². The lowest BCUT2D eigenvalue weighted by Crippen LogP contribution is -2.39. The maximum absolute atomic E-state index is 11.7. The fraction of sp³-hybridized carbons (Fsp3) is 0.385. The number of carbonyl (C=O) groups is 2. The summed E-state index contributed by atoms with van der Waals surface area (Å²) in [7, 11) is 1.72. The molecular formula is C13H20N4O2. The molecule has 0 spiro atoms. The van der Waals surface area contributed by atoms with E-state index in [1.54, 1.807) is 24.1 Å². The summed E-state index contributed by atoms with van der Waals surface area (Å²) < 4.78 is 0.